The van der Waals surface area contributed by atoms with Crippen LogP contribution in [-0.4, -0.2) is 9.97 Å². The molecule has 3 N–H and O–H groups in total. The second-order valence-electron chi connectivity index (χ2n) is 2.91. The third kappa shape index (κ3) is 1.85. The summed E-state index contributed by atoms with van der Waals surface area (Å²) in [5.74, 6) is -1.60. The maximum atomic E-state index is 12.9. The maximum absolute atomic E-state index is 12.9. The molecule has 2 rings (SSSR count). The Morgan fingerprint density at radius 2 is 2.00 bits per heavy atom. The summed E-state index contributed by atoms with van der Waals surface area (Å²) in [6.45, 7) is 0. The Bertz CT molecular complexity index is 510. The summed E-state index contributed by atoms with van der Waals surface area (Å²) in [7, 11) is 0. The van der Waals surface area contributed by atoms with Gasteiger partial charge in [-0.25, -0.2) is 13.8 Å². The van der Waals surface area contributed by atoms with Crippen molar-refractivity contribution >= 4 is 21.9 Å². The number of halogens is 3. The zero-order valence-corrected chi connectivity index (χ0v) is 8.98. The van der Waals surface area contributed by atoms with Gasteiger partial charge in [-0.15, -0.1) is 0 Å². The lowest BCUT2D eigenvalue weighted by Gasteiger charge is -1.98. The second kappa shape index (κ2) is 3.62. The lowest BCUT2D eigenvalue weighted by atomic mass is 10.1. The fourth-order valence-corrected chi connectivity index (χ4v) is 1.72. The number of nitrogen functional groups attached to an aromatic ring is 1. The van der Waals surface area contributed by atoms with Crippen LogP contribution >= 0.6 is 15.9 Å². The first-order chi connectivity index (χ1) is 7.08. The van der Waals surface area contributed by atoms with E-state index in [2.05, 4.69) is 25.9 Å². The van der Waals surface area contributed by atoms with E-state index in [-0.39, 0.29) is 5.95 Å². The summed E-state index contributed by atoms with van der Waals surface area (Å²) in [4.78, 5) is 6.64. The lowest BCUT2D eigenvalue weighted by Crippen LogP contribution is -1.87. The summed E-state index contributed by atoms with van der Waals surface area (Å²) < 4.78 is 26.2. The monoisotopic (exact) mass is 273 g/mol. The largest absolute Gasteiger partial charge is 0.369 e. The van der Waals surface area contributed by atoms with Gasteiger partial charge in [0.05, 0.1) is 0 Å². The highest BCUT2D eigenvalue weighted by molar-refractivity contribution is 9.10. The van der Waals surface area contributed by atoms with E-state index >= 15 is 0 Å². The number of imidazole rings is 1. The van der Waals surface area contributed by atoms with Crippen LogP contribution in [0.5, 0.6) is 0 Å². The van der Waals surface area contributed by atoms with Crippen molar-refractivity contribution in [1.29, 1.82) is 0 Å². The molecule has 3 nitrogen and oxygen atoms in total. The molecule has 2 aromatic rings. The number of nitrogens with zero attached hydrogens (tertiary/aromatic N) is 1. The summed E-state index contributed by atoms with van der Waals surface area (Å²) >= 11 is 3.18. The molecule has 78 valence electrons. The van der Waals surface area contributed by atoms with Crippen molar-refractivity contribution < 1.29 is 8.78 Å². The van der Waals surface area contributed by atoms with Crippen molar-refractivity contribution in [2.75, 3.05) is 5.73 Å². The summed E-state index contributed by atoms with van der Waals surface area (Å²) in [6, 6.07) is 3.54. The molecule has 0 bridgehead atoms. The van der Waals surface area contributed by atoms with Gasteiger partial charge in [-0.1, -0.05) is 0 Å². The average molecular weight is 274 g/mol. The molecule has 6 heteroatoms. The highest BCUT2D eigenvalue weighted by Gasteiger charge is 2.11. The Morgan fingerprint density at radius 3 is 2.53 bits per heavy atom. The number of H-pyrrole nitrogens is 1. The van der Waals surface area contributed by atoms with Crippen LogP contribution in [0.3, 0.4) is 0 Å². The molecule has 0 saturated carbocycles. The van der Waals surface area contributed by atoms with Gasteiger partial charge in [0.1, 0.15) is 10.3 Å². The molecule has 0 fully saturated rings. The van der Waals surface area contributed by atoms with Gasteiger partial charge >= 0.3 is 0 Å². The van der Waals surface area contributed by atoms with E-state index in [1.165, 1.54) is 6.07 Å². The van der Waals surface area contributed by atoms with E-state index < -0.39 is 11.6 Å². The van der Waals surface area contributed by atoms with Gasteiger partial charge in [0, 0.05) is 5.56 Å². The van der Waals surface area contributed by atoms with Gasteiger partial charge in [0.15, 0.2) is 17.6 Å². The lowest BCUT2D eigenvalue weighted by molar-refractivity contribution is 0.509. The molecule has 0 saturated heterocycles. The van der Waals surface area contributed by atoms with Crippen molar-refractivity contribution in [1.82, 2.24) is 9.97 Å². The Kier molecular flexibility index (Phi) is 2.44. The molecule has 1 heterocycles. The smallest absolute Gasteiger partial charge is 0.198 e. The molecule has 0 unspecified atom stereocenters. The molecule has 0 atom stereocenters. The van der Waals surface area contributed by atoms with Crippen molar-refractivity contribution in [2.45, 2.75) is 0 Å². The first kappa shape index (κ1) is 10.1. The summed E-state index contributed by atoms with van der Waals surface area (Å²) in [6.07, 6.45) is 0. The molecule has 0 aliphatic carbocycles. The summed E-state index contributed by atoms with van der Waals surface area (Å²) in [5, 5.41) is 0. The van der Waals surface area contributed by atoms with Gasteiger partial charge in [0.25, 0.3) is 0 Å². The Balaban J connectivity index is 2.54. The van der Waals surface area contributed by atoms with E-state index in [1.54, 1.807) is 0 Å². The molecular formula is C9H6BrF2N3. The van der Waals surface area contributed by atoms with Crippen LogP contribution in [0.4, 0.5) is 14.7 Å². The molecule has 0 spiro atoms. The number of anilines is 1. The Labute approximate surface area is 92.5 Å². The molecule has 0 amide bonds. The summed E-state index contributed by atoms with van der Waals surface area (Å²) in [5.41, 5.74) is 6.32. The zero-order valence-electron chi connectivity index (χ0n) is 7.39. The highest BCUT2D eigenvalue weighted by Crippen LogP contribution is 2.27. The number of hydrogen-bond donors (Lipinski definition) is 2. The molecule has 1 aromatic carbocycles. The maximum Gasteiger partial charge on any atom is 0.198 e. The number of nitrogens with one attached hydrogen (secondary N) is 1. The van der Waals surface area contributed by atoms with Gasteiger partial charge in [-0.3, -0.25) is 0 Å². The first-order valence-corrected chi connectivity index (χ1v) is 4.83. The predicted octanol–water partition coefficient (Wildman–Crippen LogP) is 2.70. The fourth-order valence-electron chi connectivity index (χ4n) is 1.20. The molecular weight excluding hydrogens is 268 g/mol. The van der Waals surface area contributed by atoms with Gasteiger partial charge in [-0.2, -0.15) is 0 Å². The van der Waals surface area contributed by atoms with E-state index in [4.69, 9.17) is 5.73 Å². The van der Waals surface area contributed by atoms with Crippen LogP contribution in [0.25, 0.3) is 11.3 Å². The van der Waals surface area contributed by atoms with E-state index in [0.29, 0.717) is 15.9 Å². The van der Waals surface area contributed by atoms with Crippen molar-refractivity contribution in [3.05, 3.63) is 34.4 Å². The van der Waals surface area contributed by atoms with Crippen molar-refractivity contribution in [3.63, 3.8) is 0 Å². The zero-order chi connectivity index (χ0) is 11.0. The van der Waals surface area contributed by atoms with Crippen LogP contribution in [-0.2, 0) is 0 Å². The second-order valence-corrected chi connectivity index (χ2v) is 3.71. The minimum Gasteiger partial charge on any atom is -0.369 e. The minimum absolute atomic E-state index is 0.210. The molecule has 0 radical (unpaired) electrons. The van der Waals surface area contributed by atoms with Gasteiger partial charge in [-0.05, 0) is 34.1 Å². The van der Waals surface area contributed by atoms with Crippen LogP contribution in [0.1, 0.15) is 0 Å². The first-order valence-electron chi connectivity index (χ1n) is 4.04. The number of aromatic amines is 1. The highest BCUT2D eigenvalue weighted by atomic mass is 79.9. The van der Waals surface area contributed by atoms with Gasteiger partial charge < -0.3 is 10.7 Å². The SMILES string of the molecule is Nc1nc(-c2ccc(F)c(F)c2)c(Br)[nH]1. The number of nitrogens with two attached hydrogens (primary N) is 1. The fraction of sp³-hybridized carbons (Fsp3) is 0. The van der Waals surface area contributed by atoms with Crippen LogP contribution in [0.15, 0.2) is 22.8 Å². The third-order valence-electron chi connectivity index (χ3n) is 1.87. The number of aromatic nitrogens is 2. The van der Waals surface area contributed by atoms with Crippen molar-refractivity contribution in [3.8, 4) is 11.3 Å². The van der Waals surface area contributed by atoms with Crippen LogP contribution in [0.2, 0.25) is 0 Å². The van der Waals surface area contributed by atoms with Crippen molar-refractivity contribution in [2.24, 2.45) is 0 Å². The van der Waals surface area contributed by atoms with Crippen LogP contribution < -0.4 is 5.73 Å². The number of hydrogen-bond acceptors (Lipinski definition) is 2. The Morgan fingerprint density at radius 1 is 1.27 bits per heavy atom. The van der Waals surface area contributed by atoms with E-state index in [1.807, 2.05) is 0 Å². The third-order valence-corrected chi connectivity index (χ3v) is 2.44. The van der Waals surface area contributed by atoms with Gasteiger partial charge in [0.2, 0.25) is 0 Å². The molecule has 0 aliphatic rings. The van der Waals surface area contributed by atoms with E-state index in [9.17, 15) is 8.78 Å². The molecule has 1 aromatic heterocycles. The molecule has 15 heavy (non-hydrogen) atoms. The quantitative estimate of drug-likeness (QED) is 0.840. The number of benzene rings is 1. The van der Waals surface area contributed by atoms with Crippen LogP contribution in [0, 0.1) is 11.6 Å². The van der Waals surface area contributed by atoms with E-state index in [0.717, 1.165) is 12.1 Å². The average Bonchev–Trinajstić information content (AvgIpc) is 2.50. The standard InChI is InChI=1S/C9H6BrF2N3/c10-8-7(14-9(13)15-8)4-1-2-5(11)6(12)3-4/h1-3H,(H3,13,14,15). The molecule has 0 aliphatic heterocycles. The Hall–Kier alpha value is -1.43. The minimum atomic E-state index is -0.916. The normalized spacial score (nSPS) is 10.6. The topological polar surface area (TPSA) is 54.7 Å². The number of rotatable bonds is 1. The predicted molar refractivity (Wildman–Crippen MR) is 56.1 cm³/mol.